The van der Waals surface area contributed by atoms with Gasteiger partial charge in [-0.2, -0.15) is 0 Å². The molecule has 0 saturated heterocycles. The van der Waals surface area contributed by atoms with Gasteiger partial charge in [-0.1, -0.05) is 18.2 Å². The van der Waals surface area contributed by atoms with E-state index in [-0.39, 0.29) is 6.04 Å². The van der Waals surface area contributed by atoms with Crippen LogP contribution in [0.4, 0.5) is 5.69 Å². The minimum atomic E-state index is 0.203. The van der Waals surface area contributed by atoms with Gasteiger partial charge in [0.25, 0.3) is 0 Å². The number of hydrogen-bond acceptors (Lipinski definition) is 3. The summed E-state index contributed by atoms with van der Waals surface area (Å²) in [5.41, 5.74) is 8.73. The first-order valence-electron chi connectivity index (χ1n) is 6.19. The zero-order valence-corrected chi connectivity index (χ0v) is 11.8. The fraction of sp³-hybridized carbons (Fsp3) is 0.333. The Morgan fingerprint density at radius 1 is 1.11 bits per heavy atom. The zero-order chi connectivity index (χ0) is 13.0. The van der Waals surface area contributed by atoms with Crippen molar-refractivity contribution in [2.45, 2.75) is 18.9 Å². The van der Waals surface area contributed by atoms with Gasteiger partial charge in [0.2, 0.25) is 0 Å². The predicted molar refractivity (Wildman–Crippen MR) is 80.5 cm³/mol. The van der Waals surface area contributed by atoms with Gasteiger partial charge >= 0.3 is 0 Å². The molecule has 2 aromatic rings. The standard InChI is InChI=1S/C15H20N2S/c1-17(2)14-7-5-12(6-8-14)10-13(16)11-15-4-3-9-18-15/h3-9,13H,10-11,16H2,1-2H3. The van der Waals surface area contributed by atoms with Crippen molar-refractivity contribution >= 4 is 17.0 Å². The maximum atomic E-state index is 6.19. The first kappa shape index (κ1) is 13.1. The molecule has 0 amide bonds. The smallest absolute Gasteiger partial charge is 0.0361 e. The van der Waals surface area contributed by atoms with E-state index in [2.05, 4.69) is 60.8 Å². The van der Waals surface area contributed by atoms with E-state index in [1.807, 2.05) is 0 Å². The summed E-state index contributed by atoms with van der Waals surface area (Å²) in [5, 5.41) is 2.11. The Bertz CT molecular complexity index is 460. The Labute approximate surface area is 113 Å². The topological polar surface area (TPSA) is 29.3 Å². The molecule has 1 heterocycles. The van der Waals surface area contributed by atoms with Crippen LogP contribution in [0.5, 0.6) is 0 Å². The Balaban J connectivity index is 1.92. The molecule has 2 rings (SSSR count). The molecule has 0 spiro atoms. The third kappa shape index (κ3) is 3.59. The second-order valence-corrected chi connectivity index (χ2v) is 5.84. The molecule has 1 aromatic heterocycles. The van der Waals surface area contributed by atoms with E-state index < -0.39 is 0 Å². The minimum absolute atomic E-state index is 0.203. The minimum Gasteiger partial charge on any atom is -0.378 e. The number of benzene rings is 1. The molecular weight excluding hydrogens is 240 g/mol. The van der Waals surface area contributed by atoms with Crippen LogP contribution in [-0.2, 0) is 12.8 Å². The Kier molecular flexibility index (Phi) is 4.39. The Morgan fingerprint density at radius 2 is 1.83 bits per heavy atom. The fourth-order valence-corrected chi connectivity index (χ4v) is 2.79. The summed E-state index contributed by atoms with van der Waals surface area (Å²) in [4.78, 5) is 3.47. The third-order valence-electron chi connectivity index (χ3n) is 2.99. The molecule has 1 aromatic carbocycles. The van der Waals surface area contributed by atoms with E-state index >= 15 is 0 Å². The van der Waals surface area contributed by atoms with Gasteiger partial charge in [-0.15, -0.1) is 11.3 Å². The van der Waals surface area contributed by atoms with Gasteiger partial charge in [0, 0.05) is 30.7 Å². The number of nitrogens with two attached hydrogens (primary N) is 1. The molecule has 3 heteroatoms. The van der Waals surface area contributed by atoms with Crippen molar-refractivity contribution in [3.8, 4) is 0 Å². The second-order valence-electron chi connectivity index (χ2n) is 4.81. The van der Waals surface area contributed by atoms with Gasteiger partial charge in [0.15, 0.2) is 0 Å². The molecule has 0 aliphatic carbocycles. The fourth-order valence-electron chi connectivity index (χ4n) is 1.99. The summed E-state index contributed by atoms with van der Waals surface area (Å²) >= 11 is 1.78. The van der Waals surface area contributed by atoms with Gasteiger partial charge in [0.1, 0.15) is 0 Å². The van der Waals surface area contributed by atoms with Crippen molar-refractivity contribution in [1.82, 2.24) is 0 Å². The van der Waals surface area contributed by atoms with Crippen LogP contribution in [0.25, 0.3) is 0 Å². The summed E-state index contributed by atoms with van der Waals surface area (Å²) in [6.07, 6.45) is 1.90. The lowest BCUT2D eigenvalue weighted by Crippen LogP contribution is -2.25. The molecule has 2 N–H and O–H groups in total. The van der Waals surface area contributed by atoms with Crippen LogP contribution in [0.3, 0.4) is 0 Å². The van der Waals surface area contributed by atoms with Crippen LogP contribution >= 0.6 is 11.3 Å². The predicted octanol–water partition coefficient (Wildman–Crippen LogP) is 2.93. The average molecular weight is 260 g/mol. The van der Waals surface area contributed by atoms with Crippen molar-refractivity contribution in [1.29, 1.82) is 0 Å². The highest BCUT2D eigenvalue weighted by Crippen LogP contribution is 2.15. The quantitative estimate of drug-likeness (QED) is 0.895. The Morgan fingerprint density at radius 3 is 2.39 bits per heavy atom. The molecule has 1 atom stereocenters. The molecule has 0 radical (unpaired) electrons. The van der Waals surface area contributed by atoms with Gasteiger partial charge in [-0.05, 0) is 42.0 Å². The molecular formula is C15H20N2S. The van der Waals surface area contributed by atoms with E-state index in [4.69, 9.17) is 5.73 Å². The number of rotatable bonds is 5. The Hall–Kier alpha value is -1.32. The van der Waals surface area contributed by atoms with Gasteiger partial charge in [0.05, 0.1) is 0 Å². The van der Waals surface area contributed by atoms with Crippen molar-refractivity contribution in [2.24, 2.45) is 5.73 Å². The van der Waals surface area contributed by atoms with Crippen molar-refractivity contribution in [3.05, 3.63) is 52.2 Å². The molecule has 0 aliphatic rings. The molecule has 96 valence electrons. The van der Waals surface area contributed by atoms with Gasteiger partial charge in [-0.3, -0.25) is 0 Å². The van der Waals surface area contributed by atoms with Crippen molar-refractivity contribution in [3.63, 3.8) is 0 Å². The van der Waals surface area contributed by atoms with E-state index in [1.165, 1.54) is 16.1 Å². The second kappa shape index (κ2) is 6.03. The van der Waals surface area contributed by atoms with E-state index in [0.717, 1.165) is 12.8 Å². The molecule has 0 saturated carbocycles. The molecule has 2 nitrogen and oxygen atoms in total. The van der Waals surface area contributed by atoms with Crippen LogP contribution in [0.1, 0.15) is 10.4 Å². The van der Waals surface area contributed by atoms with Crippen LogP contribution in [0.15, 0.2) is 41.8 Å². The van der Waals surface area contributed by atoms with E-state index in [0.29, 0.717) is 0 Å². The van der Waals surface area contributed by atoms with Gasteiger partial charge in [-0.25, -0.2) is 0 Å². The van der Waals surface area contributed by atoms with Crippen LogP contribution in [0, 0.1) is 0 Å². The number of anilines is 1. The molecule has 0 fully saturated rings. The zero-order valence-electron chi connectivity index (χ0n) is 11.0. The SMILES string of the molecule is CN(C)c1ccc(CC(N)Cc2cccs2)cc1. The number of thiophene rings is 1. The molecule has 0 aliphatic heterocycles. The van der Waals surface area contributed by atoms with Crippen molar-refractivity contribution < 1.29 is 0 Å². The van der Waals surface area contributed by atoms with Crippen LogP contribution < -0.4 is 10.6 Å². The molecule has 18 heavy (non-hydrogen) atoms. The highest BCUT2D eigenvalue weighted by molar-refractivity contribution is 7.09. The summed E-state index contributed by atoms with van der Waals surface area (Å²) in [6, 6.07) is 13.1. The lowest BCUT2D eigenvalue weighted by Gasteiger charge is -2.14. The average Bonchev–Trinajstić information content (AvgIpc) is 2.82. The normalized spacial score (nSPS) is 12.4. The first-order chi connectivity index (χ1) is 8.65. The van der Waals surface area contributed by atoms with E-state index in [1.54, 1.807) is 11.3 Å². The highest BCUT2D eigenvalue weighted by Gasteiger charge is 2.06. The first-order valence-corrected chi connectivity index (χ1v) is 7.07. The largest absolute Gasteiger partial charge is 0.378 e. The maximum absolute atomic E-state index is 6.19. The summed E-state index contributed by atoms with van der Waals surface area (Å²) in [6.45, 7) is 0. The maximum Gasteiger partial charge on any atom is 0.0361 e. The third-order valence-corrected chi connectivity index (χ3v) is 3.89. The summed E-state index contributed by atoms with van der Waals surface area (Å²) in [5.74, 6) is 0. The number of hydrogen-bond donors (Lipinski definition) is 1. The highest BCUT2D eigenvalue weighted by atomic mass is 32.1. The molecule has 1 unspecified atom stereocenters. The summed E-state index contributed by atoms with van der Waals surface area (Å²) < 4.78 is 0. The van der Waals surface area contributed by atoms with Gasteiger partial charge < -0.3 is 10.6 Å². The lowest BCUT2D eigenvalue weighted by molar-refractivity contribution is 0.671. The molecule has 0 bridgehead atoms. The van der Waals surface area contributed by atoms with Crippen LogP contribution in [-0.4, -0.2) is 20.1 Å². The van der Waals surface area contributed by atoms with E-state index in [9.17, 15) is 0 Å². The van der Waals surface area contributed by atoms with Crippen LogP contribution in [0.2, 0.25) is 0 Å². The monoisotopic (exact) mass is 260 g/mol. The number of nitrogens with zero attached hydrogens (tertiary/aromatic N) is 1. The summed E-state index contributed by atoms with van der Waals surface area (Å²) in [7, 11) is 4.11. The lowest BCUT2D eigenvalue weighted by atomic mass is 10.0. The van der Waals surface area contributed by atoms with Crippen molar-refractivity contribution in [2.75, 3.05) is 19.0 Å².